The summed E-state index contributed by atoms with van der Waals surface area (Å²) >= 11 is 3.49. The number of hydrogen-bond donors (Lipinski definition) is 0. The molecule has 0 radical (unpaired) electrons. The average Bonchev–Trinajstić information content (AvgIpc) is 2.12. The minimum Gasteiger partial charge on any atom is -0.369 e. The predicted octanol–water partition coefficient (Wildman–Crippen LogP) is 2.44. The van der Waals surface area contributed by atoms with Crippen LogP contribution < -0.4 is 0 Å². The highest BCUT2D eigenvalue weighted by molar-refractivity contribution is 9.09. The second-order valence-corrected chi connectivity index (χ2v) is 5.06. The first-order valence-corrected chi connectivity index (χ1v) is 6.27. The van der Waals surface area contributed by atoms with Crippen LogP contribution in [-0.2, 0) is 4.74 Å². The zero-order chi connectivity index (χ0) is 10.6. The van der Waals surface area contributed by atoms with Crippen LogP contribution in [0, 0.1) is 0 Å². The lowest BCUT2D eigenvalue weighted by Gasteiger charge is -2.42. The van der Waals surface area contributed by atoms with Gasteiger partial charge in [-0.2, -0.15) is 0 Å². The Balaban J connectivity index is 2.52. The van der Waals surface area contributed by atoms with Crippen LogP contribution in [0.3, 0.4) is 0 Å². The van der Waals surface area contributed by atoms with E-state index in [0.717, 1.165) is 25.0 Å². The number of morpholine rings is 1. The Morgan fingerprint density at radius 1 is 1.57 bits per heavy atom. The molecular formula is C11H20BrNO. The Labute approximate surface area is 95.4 Å². The van der Waals surface area contributed by atoms with Crippen molar-refractivity contribution in [1.82, 2.24) is 4.90 Å². The molecule has 0 saturated carbocycles. The highest BCUT2D eigenvalue weighted by Gasteiger charge is 2.31. The fourth-order valence-corrected chi connectivity index (χ4v) is 2.23. The molecule has 1 rings (SSSR count). The topological polar surface area (TPSA) is 12.5 Å². The molecule has 1 aliphatic rings. The monoisotopic (exact) mass is 261 g/mol. The quantitative estimate of drug-likeness (QED) is 0.572. The van der Waals surface area contributed by atoms with Gasteiger partial charge >= 0.3 is 0 Å². The van der Waals surface area contributed by atoms with E-state index in [1.807, 2.05) is 0 Å². The standard InChI is InChI=1S/C11H20BrNO/c1-4-5-6-13-8-10(7-12)14-11(2,3)9-13/h4-5,10H,6-9H2,1-3H3/b5-4+. The molecule has 0 aromatic heterocycles. The molecule has 2 nitrogen and oxygen atoms in total. The normalized spacial score (nSPS) is 28.4. The van der Waals surface area contributed by atoms with Crippen LogP contribution in [0.5, 0.6) is 0 Å². The van der Waals surface area contributed by atoms with Crippen LogP contribution in [0.2, 0.25) is 0 Å². The molecule has 0 aromatic rings. The first kappa shape index (κ1) is 12.2. The third-order valence-corrected chi connectivity index (χ3v) is 3.05. The smallest absolute Gasteiger partial charge is 0.0806 e. The summed E-state index contributed by atoms with van der Waals surface area (Å²) in [6, 6.07) is 0. The van der Waals surface area contributed by atoms with Gasteiger partial charge in [0.25, 0.3) is 0 Å². The molecule has 0 amide bonds. The van der Waals surface area contributed by atoms with E-state index in [-0.39, 0.29) is 5.60 Å². The highest BCUT2D eigenvalue weighted by atomic mass is 79.9. The summed E-state index contributed by atoms with van der Waals surface area (Å²) in [4.78, 5) is 2.44. The summed E-state index contributed by atoms with van der Waals surface area (Å²) < 4.78 is 5.92. The number of allylic oxidation sites excluding steroid dienone is 1. The van der Waals surface area contributed by atoms with Gasteiger partial charge in [0, 0.05) is 25.0 Å². The molecule has 0 bridgehead atoms. The van der Waals surface area contributed by atoms with Gasteiger partial charge in [-0.15, -0.1) is 0 Å². The van der Waals surface area contributed by atoms with Crippen LogP contribution in [0.25, 0.3) is 0 Å². The number of ether oxygens (including phenoxy) is 1. The van der Waals surface area contributed by atoms with Crippen molar-refractivity contribution in [3.8, 4) is 0 Å². The van der Waals surface area contributed by atoms with Crippen LogP contribution in [0.4, 0.5) is 0 Å². The van der Waals surface area contributed by atoms with Crippen molar-refractivity contribution in [2.75, 3.05) is 25.0 Å². The van der Waals surface area contributed by atoms with Crippen molar-refractivity contribution in [1.29, 1.82) is 0 Å². The lowest BCUT2D eigenvalue weighted by Crippen LogP contribution is -2.53. The van der Waals surface area contributed by atoms with Gasteiger partial charge in [0.2, 0.25) is 0 Å². The zero-order valence-corrected chi connectivity index (χ0v) is 10.9. The third kappa shape index (κ3) is 3.71. The van der Waals surface area contributed by atoms with E-state index in [0.29, 0.717) is 6.10 Å². The molecular weight excluding hydrogens is 242 g/mol. The van der Waals surface area contributed by atoms with Crippen LogP contribution >= 0.6 is 15.9 Å². The summed E-state index contributed by atoms with van der Waals surface area (Å²) in [6.07, 6.45) is 4.63. The predicted molar refractivity (Wildman–Crippen MR) is 64.0 cm³/mol. The fraction of sp³-hybridized carbons (Fsp3) is 0.818. The molecule has 14 heavy (non-hydrogen) atoms. The van der Waals surface area contributed by atoms with Crippen LogP contribution in [-0.4, -0.2) is 41.6 Å². The number of alkyl halides is 1. The second kappa shape index (κ2) is 5.29. The molecule has 0 N–H and O–H groups in total. The molecule has 1 unspecified atom stereocenters. The van der Waals surface area contributed by atoms with E-state index in [1.54, 1.807) is 0 Å². The van der Waals surface area contributed by atoms with Crippen molar-refractivity contribution >= 4 is 15.9 Å². The largest absolute Gasteiger partial charge is 0.369 e. The van der Waals surface area contributed by atoms with Gasteiger partial charge in [-0.25, -0.2) is 0 Å². The molecule has 1 aliphatic heterocycles. The van der Waals surface area contributed by atoms with E-state index in [9.17, 15) is 0 Å². The minimum absolute atomic E-state index is 0.0156. The first-order chi connectivity index (χ1) is 6.57. The lowest BCUT2D eigenvalue weighted by atomic mass is 10.1. The van der Waals surface area contributed by atoms with Crippen LogP contribution in [0.1, 0.15) is 20.8 Å². The Hall–Kier alpha value is 0.140. The Morgan fingerprint density at radius 3 is 2.86 bits per heavy atom. The van der Waals surface area contributed by atoms with E-state index in [4.69, 9.17) is 4.74 Å². The number of rotatable bonds is 3. The SMILES string of the molecule is C/C=C/CN1CC(CBr)OC(C)(C)C1. The maximum Gasteiger partial charge on any atom is 0.0806 e. The van der Waals surface area contributed by atoms with Gasteiger partial charge in [-0.3, -0.25) is 4.90 Å². The number of nitrogens with zero attached hydrogens (tertiary/aromatic N) is 1. The zero-order valence-electron chi connectivity index (χ0n) is 9.29. The van der Waals surface area contributed by atoms with E-state index < -0.39 is 0 Å². The summed E-state index contributed by atoms with van der Waals surface area (Å²) in [7, 11) is 0. The maximum atomic E-state index is 5.92. The average molecular weight is 262 g/mol. The molecule has 1 heterocycles. The van der Waals surface area contributed by atoms with E-state index in [2.05, 4.69) is 53.8 Å². The summed E-state index contributed by atoms with van der Waals surface area (Å²) in [6.45, 7) is 9.45. The van der Waals surface area contributed by atoms with Crippen LogP contribution in [0.15, 0.2) is 12.2 Å². The fourth-order valence-electron chi connectivity index (χ4n) is 1.89. The Kier molecular flexibility index (Phi) is 4.61. The van der Waals surface area contributed by atoms with Gasteiger partial charge < -0.3 is 4.74 Å². The second-order valence-electron chi connectivity index (χ2n) is 4.42. The molecule has 0 aromatic carbocycles. The Bertz CT molecular complexity index is 203. The van der Waals surface area contributed by atoms with E-state index in [1.165, 1.54) is 0 Å². The van der Waals surface area contributed by atoms with E-state index >= 15 is 0 Å². The molecule has 1 saturated heterocycles. The van der Waals surface area contributed by atoms with Gasteiger partial charge in [0.15, 0.2) is 0 Å². The number of hydrogen-bond acceptors (Lipinski definition) is 2. The third-order valence-electron chi connectivity index (χ3n) is 2.32. The Morgan fingerprint density at radius 2 is 2.29 bits per heavy atom. The highest BCUT2D eigenvalue weighted by Crippen LogP contribution is 2.21. The van der Waals surface area contributed by atoms with Gasteiger partial charge in [-0.1, -0.05) is 28.1 Å². The molecule has 1 atom stereocenters. The van der Waals surface area contributed by atoms with Crippen molar-refractivity contribution in [3.63, 3.8) is 0 Å². The molecule has 1 fully saturated rings. The summed E-state index contributed by atoms with van der Waals surface area (Å²) in [5, 5.41) is 0.919. The maximum absolute atomic E-state index is 5.92. The first-order valence-electron chi connectivity index (χ1n) is 5.14. The lowest BCUT2D eigenvalue weighted by molar-refractivity contribution is -0.123. The molecule has 82 valence electrons. The van der Waals surface area contributed by atoms with Crippen molar-refractivity contribution < 1.29 is 4.74 Å². The minimum atomic E-state index is -0.0156. The summed E-state index contributed by atoms with van der Waals surface area (Å²) in [5.41, 5.74) is -0.0156. The van der Waals surface area contributed by atoms with Gasteiger partial charge in [0.1, 0.15) is 0 Å². The van der Waals surface area contributed by atoms with Crippen molar-refractivity contribution in [3.05, 3.63) is 12.2 Å². The van der Waals surface area contributed by atoms with Gasteiger partial charge in [-0.05, 0) is 20.8 Å². The summed E-state index contributed by atoms with van der Waals surface area (Å²) in [5.74, 6) is 0. The molecule has 3 heteroatoms. The van der Waals surface area contributed by atoms with Gasteiger partial charge in [0.05, 0.1) is 11.7 Å². The van der Waals surface area contributed by atoms with Crippen molar-refractivity contribution in [2.24, 2.45) is 0 Å². The van der Waals surface area contributed by atoms with Crippen molar-refractivity contribution in [2.45, 2.75) is 32.5 Å². The number of halogens is 1. The molecule has 0 aliphatic carbocycles. The molecule has 0 spiro atoms.